The van der Waals surface area contributed by atoms with E-state index < -0.39 is 0 Å². The molecule has 0 spiro atoms. The molecule has 2 heterocycles. The Hall–Kier alpha value is -1.49. The fourth-order valence-electron chi connectivity index (χ4n) is 2.92. The van der Waals surface area contributed by atoms with Gasteiger partial charge in [-0.1, -0.05) is 18.2 Å². The van der Waals surface area contributed by atoms with Gasteiger partial charge in [-0.15, -0.1) is 0 Å². The van der Waals surface area contributed by atoms with Gasteiger partial charge < -0.3 is 10.6 Å². The van der Waals surface area contributed by atoms with E-state index in [9.17, 15) is 0 Å². The molecule has 1 fully saturated rings. The van der Waals surface area contributed by atoms with Crippen molar-refractivity contribution in [2.24, 2.45) is 5.73 Å². The minimum atomic E-state index is -0.000133. The van der Waals surface area contributed by atoms with Crippen molar-refractivity contribution in [3.05, 3.63) is 42.1 Å². The Kier molecular flexibility index (Phi) is 3.70. The van der Waals surface area contributed by atoms with Gasteiger partial charge >= 0.3 is 0 Å². The van der Waals surface area contributed by atoms with Crippen LogP contribution in [0, 0.1) is 0 Å². The monoisotopic (exact) mass is 270 g/mol. The van der Waals surface area contributed by atoms with Crippen molar-refractivity contribution in [2.45, 2.75) is 12.1 Å². The molecule has 3 rings (SSSR count). The first-order chi connectivity index (χ1) is 9.65. The Bertz CT molecular complexity index is 598. The molecule has 2 aromatic rings. The number of hydrogen-bond acceptors (Lipinski definition) is 4. The molecule has 106 valence electrons. The molecule has 1 aromatic carbocycles. The first kappa shape index (κ1) is 13.5. The highest BCUT2D eigenvalue weighted by Gasteiger charge is 2.28. The molecule has 1 aliphatic rings. The molecule has 1 aliphatic heterocycles. The van der Waals surface area contributed by atoms with Crippen molar-refractivity contribution in [3.63, 3.8) is 0 Å². The first-order valence-corrected chi connectivity index (χ1v) is 7.14. The van der Waals surface area contributed by atoms with E-state index in [4.69, 9.17) is 5.73 Å². The number of fused-ring (bicyclic) bond motifs is 1. The lowest BCUT2D eigenvalue weighted by Crippen LogP contribution is -2.54. The molecule has 0 aliphatic carbocycles. The topological polar surface area (TPSA) is 45.4 Å². The quantitative estimate of drug-likeness (QED) is 0.898. The molecule has 4 nitrogen and oxygen atoms in total. The number of rotatable bonds is 2. The van der Waals surface area contributed by atoms with Crippen LogP contribution in [0.1, 0.15) is 11.6 Å². The van der Waals surface area contributed by atoms with Crippen LogP contribution in [0.4, 0.5) is 0 Å². The highest BCUT2D eigenvalue weighted by molar-refractivity contribution is 5.78. The van der Waals surface area contributed by atoms with E-state index in [1.807, 2.05) is 24.4 Å². The molecule has 2 atom stereocenters. The zero-order chi connectivity index (χ0) is 14.1. The number of nitrogens with two attached hydrogens (primary N) is 1. The molecule has 0 radical (unpaired) electrons. The van der Waals surface area contributed by atoms with Crippen molar-refractivity contribution in [3.8, 4) is 0 Å². The summed E-state index contributed by atoms with van der Waals surface area (Å²) in [6.45, 7) is 3.18. The average Bonchev–Trinajstić information content (AvgIpc) is 2.48. The van der Waals surface area contributed by atoms with Crippen molar-refractivity contribution in [2.75, 3.05) is 33.7 Å². The minimum Gasteiger partial charge on any atom is -0.323 e. The van der Waals surface area contributed by atoms with Gasteiger partial charge in [0.05, 0.1) is 5.52 Å². The number of hydrogen-bond donors (Lipinski definition) is 1. The molecule has 4 heteroatoms. The molecule has 0 saturated carbocycles. The fourth-order valence-corrected chi connectivity index (χ4v) is 2.92. The van der Waals surface area contributed by atoms with Crippen LogP contribution >= 0.6 is 0 Å². The second kappa shape index (κ2) is 5.48. The lowest BCUT2D eigenvalue weighted by Gasteiger charge is -2.40. The SMILES string of the molecule is CN1CCN(C)C(C(N)c2cnc3ccccc3c2)C1. The average molecular weight is 270 g/mol. The number of nitrogens with zero attached hydrogens (tertiary/aromatic N) is 3. The van der Waals surface area contributed by atoms with E-state index in [1.165, 1.54) is 0 Å². The number of aromatic nitrogens is 1. The van der Waals surface area contributed by atoms with Gasteiger partial charge in [0.25, 0.3) is 0 Å². The van der Waals surface area contributed by atoms with Gasteiger partial charge in [-0.25, -0.2) is 0 Å². The smallest absolute Gasteiger partial charge is 0.0702 e. The number of benzene rings is 1. The third kappa shape index (κ3) is 2.54. The van der Waals surface area contributed by atoms with Gasteiger partial charge in [0.2, 0.25) is 0 Å². The summed E-state index contributed by atoms with van der Waals surface area (Å²) in [5, 5.41) is 1.16. The molecule has 0 bridgehead atoms. The highest BCUT2D eigenvalue weighted by atomic mass is 15.3. The molecule has 1 saturated heterocycles. The Morgan fingerprint density at radius 3 is 2.90 bits per heavy atom. The predicted octanol–water partition coefficient (Wildman–Crippen LogP) is 1.48. The van der Waals surface area contributed by atoms with Crippen LogP contribution in [0.25, 0.3) is 10.9 Å². The van der Waals surface area contributed by atoms with E-state index in [0.29, 0.717) is 6.04 Å². The van der Waals surface area contributed by atoms with E-state index in [1.54, 1.807) is 0 Å². The summed E-state index contributed by atoms with van der Waals surface area (Å²) >= 11 is 0. The largest absolute Gasteiger partial charge is 0.323 e. The lowest BCUT2D eigenvalue weighted by atomic mass is 9.97. The summed E-state index contributed by atoms with van der Waals surface area (Å²) in [6.07, 6.45) is 1.93. The van der Waals surface area contributed by atoms with Crippen LogP contribution in [0.3, 0.4) is 0 Å². The van der Waals surface area contributed by atoms with Crippen molar-refractivity contribution in [1.29, 1.82) is 0 Å². The van der Waals surface area contributed by atoms with Gasteiger partial charge in [-0.05, 0) is 31.8 Å². The van der Waals surface area contributed by atoms with E-state index >= 15 is 0 Å². The number of pyridine rings is 1. The summed E-state index contributed by atoms with van der Waals surface area (Å²) in [5.41, 5.74) is 8.65. The number of likely N-dealkylation sites (N-methyl/N-ethyl adjacent to an activating group) is 2. The standard InChI is InChI=1S/C16H22N4/c1-19-7-8-20(2)15(11-19)16(17)13-9-12-5-3-4-6-14(12)18-10-13/h3-6,9-10,15-16H,7-8,11,17H2,1-2H3. The molecular formula is C16H22N4. The molecule has 2 N–H and O–H groups in total. The van der Waals surface area contributed by atoms with Crippen LogP contribution in [0.5, 0.6) is 0 Å². The third-order valence-corrected chi connectivity index (χ3v) is 4.31. The fraction of sp³-hybridized carbons (Fsp3) is 0.438. The van der Waals surface area contributed by atoms with Gasteiger partial charge in [-0.2, -0.15) is 0 Å². The Morgan fingerprint density at radius 1 is 1.25 bits per heavy atom. The van der Waals surface area contributed by atoms with Crippen molar-refractivity contribution in [1.82, 2.24) is 14.8 Å². The second-order valence-corrected chi connectivity index (χ2v) is 5.80. The molecule has 0 amide bonds. The third-order valence-electron chi connectivity index (χ3n) is 4.31. The maximum absolute atomic E-state index is 6.51. The van der Waals surface area contributed by atoms with Crippen LogP contribution in [0.15, 0.2) is 36.5 Å². The maximum Gasteiger partial charge on any atom is 0.0702 e. The predicted molar refractivity (Wildman–Crippen MR) is 82.6 cm³/mol. The zero-order valence-corrected chi connectivity index (χ0v) is 12.2. The maximum atomic E-state index is 6.51. The van der Waals surface area contributed by atoms with Crippen molar-refractivity contribution < 1.29 is 0 Å². The van der Waals surface area contributed by atoms with Crippen LogP contribution in [-0.2, 0) is 0 Å². The van der Waals surface area contributed by atoms with Gasteiger partial charge in [-0.3, -0.25) is 9.88 Å². The number of para-hydroxylation sites is 1. The highest BCUT2D eigenvalue weighted by Crippen LogP contribution is 2.23. The van der Waals surface area contributed by atoms with Crippen LogP contribution < -0.4 is 5.73 Å². The molecule has 1 aromatic heterocycles. The molecule has 20 heavy (non-hydrogen) atoms. The van der Waals surface area contributed by atoms with Crippen LogP contribution in [-0.4, -0.2) is 54.6 Å². The number of piperazine rings is 1. The summed E-state index contributed by atoms with van der Waals surface area (Å²) in [4.78, 5) is 9.24. The first-order valence-electron chi connectivity index (χ1n) is 7.14. The van der Waals surface area contributed by atoms with E-state index in [2.05, 4.69) is 41.0 Å². The summed E-state index contributed by atoms with van der Waals surface area (Å²) in [6, 6.07) is 10.7. The second-order valence-electron chi connectivity index (χ2n) is 5.80. The zero-order valence-electron chi connectivity index (χ0n) is 12.2. The minimum absolute atomic E-state index is 0.000133. The van der Waals surface area contributed by atoms with E-state index in [0.717, 1.165) is 36.1 Å². The molecular weight excluding hydrogens is 248 g/mol. The summed E-state index contributed by atoms with van der Waals surface area (Å²) < 4.78 is 0. The Labute approximate surface area is 120 Å². The van der Waals surface area contributed by atoms with Crippen molar-refractivity contribution >= 4 is 10.9 Å². The summed E-state index contributed by atoms with van der Waals surface area (Å²) in [5.74, 6) is 0. The normalized spacial score (nSPS) is 23.1. The lowest BCUT2D eigenvalue weighted by molar-refractivity contribution is 0.0974. The Balaban J connectivity index is 1.89. The van der Waals surface area contributed by atoms with Crippen LogP contribution in [0.2, 0.25) is 0 Å². The van der Waals surface area contributed by atoms with Gasteiger partial charge in [0, 0.05) is 43.3 Å². The molecule has 2 unspecified atom stereocenters. The van der Waals surface area contributed by atoms with E-state index in [-0.39, 0.29) is 6.04 Å². The van der Waals surface area contributed by atoms with Gasteiger partial charge in [0.15, 0.2) is 0 Å². The Morgan fingerprint density at radius 2 is 2.05 bits per heavy atom. The summed E-state index contributed by atoms with van der Waals surface area (Å²) in [7, 11) is 4.32. The van der Waals surface area contributed by atoms with Gasteiger partial charge in [0.1, 0.15) is 0 Å².